The van der Waals surface area contributed by atoms with Gasteiger partial charge in [-0.2, -0.15) is 0 Å². The second-order valence-electron chi connectivity index (χ2n) is 7.06. The van der Waals surface area contributed by atoms with Crippen molar-refractivity contribution < 1.29 is 30.0 Å². The van der Waals surface area contributed by atoms with Crippen LogP contribution in [0.25, 0.3) is 0 Å². The van der Waals surface area contributed by atoms with Crippen molar-refractivity contribution >= 4 is 35.0 Å². The molecule has 0 heterocycles. The summed E-state index contributed by atoms with van der Waals surface area (Å²) < 4.78 is 14.7. The van der Waals surface area contributed by atoms with E-state index in [1.54, 1.807) is 93.6 Å². The van der Waals surface area contributed by atoms with Crippen LogP contribution < -0.4 is 11.1 Å². The van der Waals surface area contributed by atoms with Gasteiger partial charge in [0.15, 0.2) is 0 Å². The van der Waals surface area contributed by atoms with Crippen LogP contribution in [0, 0.1) is 0 Å². The molecule has 3 aromatic rings. The molecule has 8 nitrogen and oxygen atoms in total. The van der Waals surface area contributed by atoms with Crippen LogP contribution in [0.2, 0.25) is 0 Å². The highest BCUT2D eigenvalue weighted by Gasteiger charge is 2.07. The van der Waals surface area contributed by atoms with E-state index in [1.807, 2.05) is 0 Å². The van der Waals surface area contributed by atoms with Gasteiger partial charge >= 0.3 is 17.9 Å². The fraction of sp³-hybridized carbons (Fsp3) is 0.250. The number of anilines is 3. The first-order valence-electron chi connectivity index (χ1n) is 11.2. The fourth-order valence-electron chi connectivity index (χ4n) is 2.81. The average Bonchev–Trinajstić information content (AvgIpc) is 2.86. The van der Waals surface area contributed by atoms with Crippen LogP contribution in [-0.2, 0) is 14.2 Å². The molecule has 194 valence electrons. The van der Waals surface area contributed by atoms with Gasteiger partial charge in [0.2, 0.25) is 0 Å². The summed E-state index contributed by atoms with van der Waals surface area (Å²) in [5.74, 6) is -0.979. The fourth-order valence-corrected chi connectivity index (χ4v) is 2.81. The van der Waals surface area contributed by atoms with Crippen molar-refractivity contribution in [1.82, 2.24) is 0 Å². The Kier molecular flexibility index (Phi) is 12.8. The Balaban J connectivity index is 0.000000790. The summed E-state index contributed by atoms with van der Waals surface area (Å²) in [7, 11) is 0. The maximum absolute atomic E-state index is 11.6. The van der Waals surface area contributed by atoms with Crippen LogP contribution in [0.5, 0.6) is 0 Å². The van der Waals surface area contributed by atoms with E-state index in [4.69, 9.17) is 19.9 Å². The lowest BCUT2D eigenvalue weighted by Gasteiger charge is -2.08. The van der Waals surface area contributed by atoms with E-state index in [9.17, 15) is 14.4 Å². The van der Waals surface area contributed by atoms with Crippen molar-refractivity contribution in [2.75, 3.05) is 30.9 Å². The van der Waals surface area contributed by atoms with Crippen molar-refractivity contribution in [1.29, 1.82) is 0 Å². The number of benzene rings is 3. The number of esters is 3. The number of rotatable bonds is 8. The number of ether oxygens (including phenoxy) is 3. The zero-order valence-electron chi connectivity index (χ0n) is 20.1. The molecule has 36 heavy (non-hydrogen) atoms. The monoisotopic (exact) mass is 497 g/mol. The van der Waals surface area contributed by atoms with Crippen LogP contribution in [0.15, 0.2) is 72.8 Å². The predicted molar refractivity (Wildman–Crippen MR) is 144 cm³/mol. The van der Waals surface area contributed by atoms with Crippen LogP contribution >= 0.6 is 0 Å². The Labute approximate surface area is 213 Å². The molecule has 3 aromatic carbocycles. The van der Waals surface area contributed by atoms with Gasteiger partial charge in [0.05, 0.1) is 36.5 Å². The molecule has 0 radical (unpaired) electrons. The van der Waals surface area contributed by atoms with Crippen molar-refractivity contribution in [2.24, 2.45) is 0 Å². The van der Waals surface area contributed by atoms with Gasteiger partial charge < -0.3 is 25.3 Å². The van der Waals surface area contributed by atoms with Crippen LogP contribution in [0.1, 0.15) is 60.7 Å². The minimum Gasteiger partial charge on any atom is -0.462 e. The molecule has 0 aliphatic carbocycles. The quantitative estimate of drug-likeness (QED) is 0.217. The maximum atomic E-state index is 11.6. The maximum Gasteiger partial charge on any atom is 0.338 e. The smallest absolute Gasteiger partial charge is 0.338 e. The molecule has 0 spiro atoms. The van der Waals surface area contributed by atoms with Crippen LogP contribution in [-0.4, -0.2) is 37.7 Å². The first kappa shape index (κ1) is 29.7. The molecule has 0 amide bonds. The van der Waals surface area contributed by atoms with E-state index in [1.165, 1.54) is 0 Å². The molecule has 3 rings (SSSR count). The Morgan fingerprint density at radius 1 is 0.611 bits per heavy atom. The highest BCUT2D eigenvalue weighted by molar-refractivity contribution is 5.91. The van der Waals surface area contributed by atoms with Crippen molar-refractivity contribution in [3.05, 3.63) is 89.5 Å². The van der Waals surface area contributed by atoms with Gasteiger partial charge in [-0.1, -0.05) is 7.43 Å². The third kappa shape index (κ3) is 9.50. The average molecular weight is 498 g/mol. The first-order valence-corrected chi connectivity index (χ1v) is 11.2. The zero-order chi connectivity index (χ0) is 25.6. The van der Waals surface area contributed by atoms with Gasteiger partial charge in [0.1, 0.15) is 0 Å². The van der Waals surface area contributed by atoms with Gasteiger partial charge in [0.25, 0.3) is 0 Å². The molecule has 0 unspecified atom stereocenters. The molecular weight excluding hydrogens is 460 g/mol. The van der Waals surface area contributed by atoms with E-state index in [0.717, 1.165) is 11.4 Å². The molecule has 0 fully saturated rings. The molecule has 0 saturated heterocycles. The summed E-state index contributed by atoms with van der Waals surface area (Å²) >= 11 is 0. The number of hydrogen-bond acceptors (Lipinski definition) is 8. The molecule has 0 aliphatic heterocycles. The Bertz CT molecular complexity index is 1040. The van der Waals surface area contributed by atoms with E-state index in [0.29, 0.717) is 42.2 Å². The highest BCUT2D eigenvalue weighted by Crippen LogP contribution is 2.18. The Hall–Kier alpha value is -4.33. The lowest BCUT2D eigenvalue weighted by atomic mass is 10.2. The van der Waals surface area contributed by atoms with Crippen LogP contribution in [0.4, 0.5) is 17.1 Å². The minimum atomic E-state index is -0.335. The third-order valence-electron chi connectivity index (χ3n) is 4.50. The second-order valence-corrected chi connectivity index (χ2v) is 7.06. The summed E-state index contributed by atoms with van der Waals surface area (Å²) in [4.78, 5) is 34.3. The minimum absolute atomic E-state index is 0. The van der Waals surface area contributed by atoms with E-state index in [-0.39, 0.29) is 26.8 Å². The summed E-state index contributed by atoms with van der Waals surface area (Å²) in [6, 6.07) is 20.6. The number of nitrogens with two attached hydrogens (primary N) is 1. The molecule has 0 atom stereocenters. The van der Waals surface area contributed by atoms with Crippen molar-refractivity contribution in [3.63, 3.8) is 0 Å². The van der Waals surface area contributed by atoms with Gasteiger partial charge in [-0.3, -0.25) is 0 Å². The standard InChI is InChI=1S/C18H19NO4.C9H11NO2.CH4.H2/c1-3-22-17(20)13-5-9-15(10-6-13)19-16-11-7-14(8-12-16)18(21)23-4-2;1-2-12-9(11)7-3-5-8(10)6-4-7;;/h5-12,19H,3-4H2,1-2H3;3-6H,2,10H2,1H3;1H4;1H/i;;;1+1. The van der Waals surface area contributed by atoms with Gasteiger partial charge in [-0.15, -0.1) is 0 Å². The van der Waals surface area contributed by atoms with E-state index < -0.39 is 0 Å². The summed E-state index contributed by atoms with van der Waals surface area (Å²) in [5.41, 5.74) is 9.31. The molecule has 3 N–H and O–H groups in total. The summed E-state index contributed by atoms with van der Waals surface area (Å²) in [5, 5.41) is 3.20. The largest absolute Gasteiger partial charge is 0.462 e. The Morgan fingerprint density at radius 2 is 0.889 bits per heavy atom. The molecule has 0 bridgehead atoms. The number of hydrogen-bond donors (Lipinski definition) is 2. The first-order chi connectivity index (χ1) is 16.9. The third-order valence-corrected chi connectivity index (χ3v) is 4.50. The number of carbonyl (C=O) groups excluding carboxylic acids is 3. The molecule has 0 saturated carbocycles. The molecule has 0 aromatic heterocycles. The van der Waals surface area contributed by atoms with E-state index in [2.05, 4.69) is 5.32 Å². The van der Waals surface area contributed by atoms with Gasteiger partial charge in [0, 0.05) is 18.5 Å². The van der Waals surface area contributed by atoms with Gasteiger partial charge in [-0.25, -0.2) is 14.4 Å². The number of nitrogen functional groups attached to an aromatic ring is 1. The summed E-state index contributed by atoms with van der Waals surface area (Å²) in [6.07, 6.45) is 0. The normalized spacial score (nSPS) is 9.53. The predicted octanol–water partition coefficient (Wildman–Crippen LogP) is 6.11. The molecular formula is C28H36N2O6. The number of nitrogens with one attached hydrogen (secondary N) is 1. The van der Waals surface area contributed by atoms with E-state index >= 15 is 0 Å². The summed E-state index contributed by atoms with van der Waals surface area (Å²) in [6.45, 7) is 6.41. The zero-order valence-corrected chi connectivity index (χ0v) is 20.1. The van der Waals surface area contributed by atoms with Crippen molar-refractivity contribution in [2.45, 2.75) is 28.2 Å². The molecule has 8 heteroatoms. The SMILES string of the molecule is C.CCOC(=O)c1ccc(N)cc1.CCOC(=O)c1ccc(Nc2ccc(C(=O)OCC)cc2)cc1.[2HH]. The number of carbonyl (C=O) groups is 3. The lowest BCUT2D eigenvalue weighted by Crippen LogP contribution is -2.05. The lowest BCUT2D eigenvalue weighted by molar-refractivity contribution is 0.0517. The highest BCUT2D eigenvalue weighted by atomic mass is 16.5. The van der Waals surface area contributed by atoms with Gasteiger partial charge in [-0.05, 0) is 93.6 Å². The Morgan fingerprint density at radius 3 is 1.17 bits per heavy atom. The second kappa shape index (κ2) is 15.5. The van der Waals surface area contributed by atoms with Crippen LogP contribution in [0.3, 0.4) is 0 Å². The van der Waals surface area contributed by atoms with Crippen molar-refractivity contribution in [3.8, 4) is 0 Å². The topological polar surface area (TPSA) is 117 Å². The molecule has 0 aliphatic rings.